The number of ether oxygens (including phenoxy) is 2. The van der Waals surface area contributed by atoms with Gasteiger partial charge in [-0.3, -0.25) is 0 Å². The first kappa shape index (κ1) is 25.5. The predicted octanol–water partition coefficient (Wildman–Crippen LogP) is 6.91. The third kappa shape index (κ3) is 6.47. The number of nitrogens with two attached hydrogens (primary N) is 1. The molecule has 2 N–H and O–H groups in total. The molecule has 0 aromatic heterocycles. The SMILES string of the molecule is CCOC(N)c1c(C)c(C)c(CC(C)C)c(CC(C)C)c1Oc1ccccc1.Cl. The molecule has 4 heteroatoms. The molecule has 0 aliphatic heterocycles. The Morgan fingerprint density at radius 3 is 1.93 bits per heavy atom. The van der Waals surface area contributed by atoms with Crippen molar-refractivity contribution in [2.75, 3.05) is 6.61 Å². The lowest BCUT2D eigenvalue weighted by molar-refractivity contribution is 0.0653. The summed E-state index contributed by atoms with van der Waals surface area (Å²) < 4.78 is 12.3. The van der Waals surface area contributed by atoms with Gasteiger partial charge in [-0.1, -0.05) is 45.9 Å². The van der Waals surface area contributed by atoms with E-state index in [4.69, 9.17) is 15.2 Å². The van der Waals surface area contributed by atoms with Gasteiger partial charge < -0.3 is 15.2 Å². The monoisotopic (exact) mass is 419 g/mol. The maximum atomic E-state index is 6.51. The van der Waals surface area contributed by atoms with E-state index in [0.717, 1.165) is 29.9 Å². The number of benzene rings is 2. The minimum Gasteiger partial charge on any atom is -0.457 e. The molecule has 0 bridgehead atoms. The van der Waals surface area contributed by atoms with Crippen LogP contribution in [0.1, 0.15) is 68.7 Å². The van der Waals surface area contributed by atoms with Crippen molar-refractivity contribution in [2.24, 2.45) is 17.6 Å². The Morgan fingerprint density at radius 1 is 0.862 bits per heavy atom. The molecule has 0 radical (unpaired) electrons. The fourth-order valence-corrected chi connectivity index (χ4v) is 3.76. The molecule has 3 nitrogen and oxygen atoms in total. The summed E-state index contributed by atoms with van der Waals surface area (Å²) in [5.74, 6) is 2.80. The first-order chi connectivity index (χ1) is 13.3. The molecule has 2 aromatic rings. The second-order valence-corrected chi connectivity index (χ2v) is 8.44. The highest BCUT2D eigenvalue weighted by Gasteiger charge is 2.26. The fraction of sp³-hybridized carbons (Fsp3) is 0.520. The topological polar surface area (TPSA) is 44.5 Å². The van der Waals surface area contributed by atoms with Crippen molar-refractivity contribution in [3.8, 4) is 11.5 Å². The first-order valence-corrected chi connectivity index (χ1v) is 10.5. The maximum absolute atomic E-state index is 6.51. The van der Waals surface area contributed by atoms with Crippen molar-refractivity contribution in [1.29, 1.82) is 0 Å². The van der Waals surface area contributed by atoms with Gasteiger partial charge in [0.25, 0.3) is 0 Å². The summed E-state index contributed by atoms with van der Waals surface area (Å²) in [6.07, 6.45) is 1.49. The van der Waals surface area contributed by atoms with Crippen LogP contribution < -0.4 is 10.5 Å². The first-order valence-electron chi connectivity index (χ1n) is 10.5. The Balaban J connectivity index is 0.00000420. The molecule has 162 valence electrons. The van der Waals surface area contributed by atoms with E-state index in [1.165, 1.54) is 22.3 Å². The van der Waals surface area contributed by atoms with Crippen LogP contribution in [0.5, 0.6) is 11.5 Å². The summed E-state index contributed by atoms with van der Waals surface area (Å²) >= 11 is 0. The molecule has 0 amide bonds. The molecule has 0 fully saturated rings. The van der Waals surface area contributed by atoms with Crippen molar-refractivity contribution in [3.63, 3.8) is 0 Å². The van der Waals surface area contributed by atoms with Gasteiger partial charge in [0.15, 0.2) is 0 Å². The van der Waals surface area contributed by atoms with Gasteiger partial charge >= 0.3 is 0 Å². The van der Waals surface area contributed by atoms with E-state index in [1.807, 2.05) is 37.3 Å². The van der Waals surface area contributed by atoms with E-state index in [1.54, 1.807) is 0 Å². The Morgan fingerprint density at radius 2 is 1.41 bits per heavy atom. The number of para-hydroxylation sites is 1. The second-order valence-electron chi connectivity index (χ2n) is 8.44. The second kappa shape index (κ2) is 11.6. The van der Waals surface area contributed by atoms with Gasteiger partial charge in [-0.15, -0.1) is 12.4 Å². The summed E-state index contributed by atoms with van der Waals surface area (Å²) in [5.41, 5.74) is 12.6. The van der Waals surface area contributed by atoms with Gasteiger partial charge in [-0.25, -0.2) is 0 Å². The highest BCUT2D eigenvalue weighted by atomic mass is 35.5. The average molecular weight is 420 g/mol. The van der Waals surface area contributed by atoms with Gasteiger partial charge in [-0.05, 0) is 79.8 Å². The van der Waals surface area contributed by atoms with Gasteiger partial charge in [0, 0.05) is 12.2 Å². The van der Waals surface area contributed by atoms with Crippen molar-refractivity contribution < 1.29 is 9.47 Å². The van der Waals surface area contributed by atoms with E-state index in [0.29, 0.717) is 18.4 Å². The minimum absolute atomic E-state index is 0. The van der Waals surface area contributed by atoms with E-state index < -0.39 is 6.23 Å². The van der Waals surface area contributed by atoms with E-state index in [-0.39, 0.29) is 12.4 Å². The molecular weight excluding hydrogens is 382 g/mol. The van der Waals surface area contributed by atoms with E-state index in [2.05, 4.69) is 41.5 Å². The maximum Gasteiger partial charge on any atom is 0.138 e. The zero-order valence-corrected chi connectivity index (χ0v) is 19.9. The van der Waals surface area contributed by atoms with Crippen molar-refractivity contribution in [3.05, 3.63) is 58.1 Å². The van der Waals surface area contributed by atoms with Crippen LogP contribution in [-0.2, 0) is 17.6 Å². The number of halogens is 1. The molecule has 0 aliphatic rings. The molecule has 0 spiro atoms. The van der Waals surface area contributed by atoms with Crippen LogP contribution in [0.3, 0.4) is 0 Å². The van der Waals surface area contributed by atoms with Crippen molar-refractivity contribution in [1.82, 2.24) is 0 Å². The molecule has 0 heterocycles. The Bertz CT molecular complexity index is 772. The van der Waals surface area contributed by atoms with Crippen molar-refractivity contribution >= 4 is 12.4 Å². The molecule has 29 heavy (non-hydrogen) atoms. The Hall–Kier alpha value is -1.55. The molecular formula is C25H38ClNO2. The Kier molecular flexibility index (Phi) is 10.2. The summed E-state index contributed by atoms with van der Waals surface area (Å²) in [6, 6.07) is 9.98. The highest BCUT2D eigenvalue weighted by molar-refractivity contribution is 5.85. The van der Waals surface area contributed by atoms with Crippen LogP contribution in [0.2, 0.25) is 0 Å². The normalized spacial score (nSPS) is 12.2. The standard InChI is InChI=1S/C25H37NO2.ClH/c1-8-27-25(26)23-19(7)18(6)21(14-16(2)3)22(15-17(4)5)24(23)28-20-12-10-9-11-13-20;/h9-13,16-17,25H,8,14-15,26H2,1-7H3;1H. The number of hydrogen-bond donors (Lipinski definition) is 1. The summed E-state index contributed by atoms with van der Waals surface area (Å²) in [7, 11) is 0. The minimum atomic E-state index is -0.499. The molecule has 1 atom stereocenters. The van der Waals surface area contributed by atoms with Crippen molar-refractivity contribution in [2.45, 2.75) is 67.5 Å². The predicted molar refractivity (Wildman–Crippen MR) is 125 cm³/mol. The van der Waals surface area contributed by atoms with Crippen LogP contribution >= 0.6 is 12.4 Å². The largest absolute Gasteiger partial charge is 0.457 e. The smallest absolute Gasteiger partial charge is 0.138 e. The molecule has 0 saturated carbocycles. The molecule has 2 rings (SSSR count). The van der Waals surface area contributed by atoms with Crippen LogP contribution in [0, 0.1) is 25.7 Å². The molecule has 0 aliphatic carbocycles. The lowest BCUT2D eigenvalue weighted by Crippen LogP contribution is -2.20. The van der Waals surface area contributed by atoms with Gasteiger partial charge in [-0.2, -0.15) is 0 Å². The third-order valence-corrected chi connectivity index (χ3v) is 5.12. The summed E-state index contributed by atoms with van der Waals surface area (Å²) in [6.45, 7) is 15.9. The summed E-state index contributed by atoms with van der Waals surface area (Å²) in [5, 5.41) is 0. The van der Waals surface area contributed by atoms with Gasteiger partial charge in [0.2, 0.25) is 0 Å². The zero-order chi connectivity index (χ0) is 20.8. The van der Waals surface area contributed by atoms with E-state index >= 15 is 0 Å². The number of rotatable bonds is 9. The summed E-state index contributed by atoms with van der Waals surface area (Å²) in [4.78, 5) is 0. The third-order valence-electron chi connectivity index (χ3n) is 5.12. The quantitative estimate of drug-likeness (QED) is 0.449. The van der Waals surface area contributed by atoms with Crippen LogP contribution in [0.15, 0.2) is 30.3 Å². The lowest BCUT2D eigenvalue weighted by Gasteiger charge is -2.28. The fourth-order valence-electron chi connectivity index (χ4n) is 3.76. The molecule has 1 unspecified atom stereocenters. The van der Waals surface area contributed by atoms with Gasteiger partial charge in [0.1, 0.15) is 17.7 Å². The Labute approximate surface area is 183 Å². The van der Waals surface area contributed by atoms with E-state index in [9.17, 15) is 0 Å². The van der Waals surface area contributed by atoms with Gasteiger partial charge in [0.05, 0.1) is 0 Å². The lowest BCUT2D eigenvalue weighted by atomic mass is 9.84. The van der Waals surface area contributed by atoms with Crippen LogP contribution in [-0.4, -0.2) is 6.61 Å². The zero-order valence-electron chi connectivity index (χ0n) is 19.0. The van der Waals surface area contributed by atoms with Crippen LogP contribution in [0.4, 0.5) is 0 Å². The average Bonchev–Trinajstić information content (AvgIpc) is 2.63. The number of hydrogen-bond acceptors (Lipinski definition) is 3. The molecule has 0 saturated heterocycles. The molecule has 2 aromatic carbocycles. The highest BCUT2D eigenvalue weighted by Crippen LogP contribution is 2.41. The van der Waals surface area contributed by atoms with Crippen LogP contribution in [0.25, 0.3) is 0 Å².